The maximum absolute atomic E-state index is 14.0. The van der Waals surface area contributed by atoms with Crippen LogP contribution in [0, 0.1) is 17.8 Å². The molecule has 2 N–H and O–H groups in total. The second-order valence-corrected chi connectivity index (χ2v) is 19.9. The summed E-state index contributed by atoms with van der Waals surface area (Å²) in [5.74, 6) is 0.746. The molecule has 314 valence electrons. The lowest BCUT2D eigenvalue weighted by Gasteiger charge is -2.54. The average molecular weight is 829 g/mol. The zero-order valence-electron chi connectivity index (χ0n) is 35.3. The van der Waals surface area contributed by atoms with Gasteiger partial charge >= 0.3 is 0 Å². The molecule has 4 amide bonds. The Morgan fingerprint density at radius 2 is 1.62 bits per heavy atom. The predicted molar refractivity (Wildman–Crippen MR) is 235 cm³/mol. The molecule has 0 saturated carbocycles. The molecule has 0 bridgehead atoms. The highest BCUT2D eigenvalue weighted by molar-refractivity contribution is 7.99. The number of benzene rings is 2. The molecule has 0 aliphatic carbocycles. The summed E-state index contributed by atoms with van der Waals surface area (Å²) in [6, 6.07) is 17.2. The fraction of sp³-hybridized carbons (Fsp3) is 0.587. The van der Waals surface area contributed by atoms with Crippen molar-refractivity contribution in [1.82, 2.24) is 30.3 Å². The van der Waals surface area contributed by atoms with Crippen molar-refractivity contribution in [2.75, 3.05) is 45.0 Å². The first-order valence-corrected chi connectivity index (χ1v) is 23.3. The SMILES string of the molecule is Cc1ncsc1-c1ccc(C(C)NC(=O)C2CCCN2C(=O)C(NC(=O)CCCCC(=O)N2CCC3(CC2)CN(CCCCSc2ccccc2)C3)C(C)(C)C)cc1. The number of likely N-dealkylation sites (tertiary alicyclic amines) is 3. The molecule has 6 rings (SSSR count). The van der Waals surface area contributed by atoms with Gasteiger partial charge in [0.2, 0.25) is 23.6 Å². The van der Waals surface area contributed by atoms with Crippen molar-refractivity contribution in [2.45, 2.75) is 122 Å². The number of hydrogen-bond donors (Lipinski definition) is 2. The molecule has 3 aromatic rings. The number of rotatable bonds is 17. The summed E-state index contributed by atoms with van der Waals surface area (Å²) in [7, 11) is 0. The number of carbonyl (C=O) groups excluding carboxylic acids is 4. The molecule has 1 spiro atoms. The molecule has 3 saturated heterocycles. The molecular weight excluding hydrogens is 765 g/mol. The fourth-order valence-corrected chi connectivity index (χ4v) is 10.5. The molecule has 3 atom stereocenters. The maximum atomic E-state index is 14.0. The summed E-state index contributed by atoms with van der Waals surface area (Å²) in [6.45, 7) is 15.4. The lowest BCUT2D eigenvalue weighted by Crippen LogP contribution is -2.60. The molecule has 3 aliphatic rings. The first-order valence-electron chi connectivity index (χ1n) is 21.4. The number of thioether (sulfide) groups is 1. The van der Waals surface area contributed by atoms with E-state index in [1.165, 1.54) is 24.3 Å². The van der Waals surface area contributed by atoms with Crippen molar-refractivity contribution in [2.24, 2.45) is 10.8 Å². The van der Waals surface area contributed by atoms with Crippen molar-refractivity contribution in [3.8, 4) is 10.4 Å². The van der Waals surface area contributed by atoms with E-state index in [9.17, 15) is 19.2 Å². The highest BCUT2D eigenvalue weighted by Crippen LogP contribution is 2.41. The average Bonchev–Trinajstić information content (AvgIpc) is 3.87. The minimum Gasteiger partial charge on any atom is -0.348 e. The van der Waals surface area contributed by atoms with Crippen molar-refractivity contribution < 1.29 is 19.2 Å². The van der Waals surface area contributed by atoms with E-state index in [1.807, 2.05) is 68.9 Å². The van der Waals surface area contributed by atoms with Crippen molar-refractivity contribution >= 4 is 46.7 Å². The van der Waals surface area contributed by atoms with Crippen LogP contribution in [0.5, 0.6) is 0 Å². The summed E-state index contributed by atoms with van der Waals surface area (Å²) >= 11 is 3.55. The van der Waals surface area contributed by atoms with Gasteiger partial charge in [0, 0.05) is 50.5 Å². The number of hydrogen-bond acceptors (Lipinski definition) is 8. The number of aromatic nitrogens is 1. The van der Waals surface area contributed by atoms with Gasteiger partial charge in [0.05, 0.1) is 22.1 Å². The number of amides is 4. The molecule has 58 heavy (non-hydrogen) atoms. The van der Waals surface area contributed by atoms with Crippen LogP contribution >= 0.6 is 23.1 Å². The quantitative estimate of drug-likeness (QED) is 0.105. The molecule has 4 heterocycles. The third kappa shape index (κ3) is 11.5. The summed E-state index contributed by atoms with van der Waals surface area (Å²) in [4.78, 5) is 67.1. The van der Waals surface area contributed by atoms with Crippen LogP contribution in [0.25, 0.3) is 10.4 Å². The number of nitrogens with one attached hydrogen (secondary N) is 2. The zero-order chi connectivity index (χ0) is 41.3. The maximum Gasteiger partial charge on any atom is 0.246 e. The first-order chi connectivity index (χ1) is 27.8. The molecular formula is C46H64N6O4S2. The largest absolute Gasteiger partial charge is 0.348 e. The van der Waals surface area contributed by atoms with E-state index in [1.54, 1.807) is 16.2 Å². The van der Waals surface area contributed by atoms with Gasteiger partial charge in [-0.1, -0.05) is 63.2 Å². The lowest BCUT2D eigenvalue weighted by molar-refractivity contribution is -0.144. The minimum absolute atomic E-state index is 0.178. The molecule has 12 heteroatoms. The summed E-state index contributed by atoms with van der Waals surface area (Å²) in [5.41, 5.74) is 4.75. The highest BCUT2D eigenvalue weighted by Gasteiger charge is 2.45. The summed E-state index contributed by atoms with van der Waals surface area (Å²) in [6.07, 6.45) is 7.82. The zero-order valence-corrected chi connectivity index (χ0v) is 36.9. The second-order valence-electron chi connectivity index (χ2n) is 17.8. The van der Waals surface area contributed by atoms with Crippen LogP contribution in [0.1, 0.15) is 109 Å². The first kappa shape index (κ1) is 43.8. The van der Waals surface area contributed by atoms with Crippen LogP contribution in [-0.2, 0) is 19.2 Å². The van der Waals surface area contributed by atoms with E-state index in [2.05, 4.69) is 63.0 Å². The molecule has 10 nitrogen and oxygen atoms in total. The summed E-state index contributed by atoms with van der Waals surface area (Å²) in [5, 5.41) is 6.15. The number of unbranched alkanes of at least 4 members (excludes halogenated alkanes) is 2. The molecule has 0 radical (unpaired) electrons. The number of piperidine rings is 1. The van der Waals surface area contributed by atoms with Gasteiger partial charge in [-0.25, -0.2) is 4.98 Å². The van der Waals surface area contributed by atoms with Crippen molar-refractivity contribution in [1.29, 1.82) is 0 Å². The minimum atomic E-state index is -0.767. The molecule has 3 fully saturated rings. The molecule has 2 aromatic carbocycles. The van der Waals surface area contributed by atoms with Gasteiger partial charge in [0.25, 0.3) is 0 Å². The van der Waals surface area contributed by atoms with Crippen molar-refractivity contribution in [3.05, 3.63) is 71.4 Å². The Morgan fingerprint density at radius 1 is 0.914 bits per heavy atom. The van der Waals surface area contributed by atoms with Crippen LogP contribution in [0.15, 0.2) is 65.0 Å². The van der Waals surface area contributed by atoms with E-state index in [-0.39, 0.29) is 36.1 Å². The van der Waals surface area contributed by atoms with Gasteiger partial charge in [-0.15, -0.1) is 23.1 Å². The van der Waals surface area contributed by atoms with Crippen LogP contribution < -0.4 is 10.6 Å². The van der Waals surface area contributed by atoms with E-state index in [0.717, 1.165) is 72.9 Å². The Bertz CT molecular complexity index is 1830. The van der Waals surface area contributed by atoms with Gasteiger partial charge in [-0.2, -0.15) is 0 Å². The standard InChI is InChI=1S/C46H64N6O4S2/c1-33(35-19-21-36(22-20-35)41-34(2)47-32-58-41)48-43(55)38-16-13-26-52(38)44(56)42(45(3,4)5)49-39(53)17-9-10-18-40(54)51-27-23-46(24-28-51)30-50(31-46)25-11-12-29-57-37-14-7-6-8-15-37/h6-8,14-15,19-22,32-33,38,42H,9-13,16-18,23-31H2,1-5H3,(H,48,55)(H,49,53). The topological polar surface area (TPSA) is 115 Å². The smallest absolute Gasteiger partial charge is 0.246 e. The normalized spacial score (nSPS) is 19.1. The fourth-order valence-electron chi connectivity index (χ4n) is 8.72. The third-order valence-electron chi connectivity index (χ3n) is 12.3. The van der Waals surface area contributed by atoms with Gasteiger partial charge < -0.3 is 25.3 Å². The van der Waals surface area contributed by atoms with E-state index < -0.39 is 17.5 Å². The lowest BCUT2D eigenvalue weighted by atomic mass is 9.72. The highest BCUT2D eigenvalue weighted by atomic mass is 32.2. The predicted octanol–water partition coefficient (Wildman–Crippen LogP) is 7.87. The number of thiazole rings is 1. The molecule has 3 aliphatic heterocycles. The van der Waals surface area contributed by atoms with E-state index in [4.69, 9.17) is 0 Å². The Kier molecular flexibility index (Phi) is 15.1. The van der Waals surface area contributed by atoms with Crippen LogP contribution in [0.4, 0.5) is 0 Å². The van der Waals surface area contributed by atoms with Crippen LogP contribution in [0.3, 0.4) is 0 Å². The number of nitrogens with zero attached hydrogens (tertiary/aromatic N) is 4. The Labute approximate surface area is 354 Å². The number of aryl methyl sites for hydroxylation is 1. The van der Waals surface area contributed by atoms with Gasteiger partial charge in [0.1, 0.15) is 12.1 Å². The summed E-state index contributed by atoms with van der Waals surface area (Å²) < 4.78 is 0. The van der Waals surface area contributed by atoms with Gasteiger partial charge in [0.15, 0.2) is 0 Å². The third-order valence-corrected chi connectivity index (χ3v) is 14.3. The Hall–Kier alpha value is -3.74. The van der Waals surface area contributed by atoms with Crippen molar-refractivity contribution in [3.63, 3.8) is 0 Å². The number of carbonyl (C=O) groups is 4. The van der Waals surface area contributed by atoms with E-state index in [0.29, 0.717) is 37.6 Å². The van der Waals surface area contributed by atoms with Gasteiger partial charge in [-0.05, 0) is 112 Å². The molecule has 1 aromatic heterocycles. The van der Waals surface area contributed by atoms with Crippen LogP contribution in [0.2, 0.25) is 0 Å². The molecule has 3 unspecified atom stereocenters. The Balaban J connectivity index is 0.877. The Morgan fingerprint density at radius 3 is 2.29 bits per heavy atom. The van der Waals surface area contributed by atoms with Crippen LogP contribution in [-0.4, -0.2) is 100 Å². The van der Waals surface area contributed by atoms with E-state index >= 15 is 0 Å². The van der Waals surface area contributed by atoms with Gasteiger partial charge in [-0.3, -0.25) is 19.2 Å². The monoisotopic (exact) mass is 828 g/mol. The second kappa shape index (κ2) is 20.0.